The van der Waals surface area contributed by atoms with Gasteiger partial charge in [0.15, 0.2) is 0 Å². The highest BCUT2D eigenvalue weighted by atomic mass is 15.1. The Bertz CT molecular complexity index is 487. The molecule has 1 unspecified atom stereocenters. The number of nitrogens with zero attached hydrogens (tertiary/aromatic N) is 2. The fourth-order valence-electron chi connectivity index (χ4n) is 2.47. The Hall–Kier alpha value is -1.35. The normalized spacial score (nSPS) is 13.3. The molecule has 1 heterocycles. The molecule has 0 aliphatic carbocycles. The molecule has 0 amide bonds. The lowest BCUT2D eigenvalue weighted by Crippen LogP contribution is -2.34. The first-order valence-electron chi connectivity index (χ1n) is 6.84. The third-order valence-corrected chi connectivity index (χ3v) is 3.19. The standard InChI is InChI=1S/C15H23N3/c1-4-16-13(9-12(2)3)10-18-11-17-14-7-5-6-8-15(14)18/h5-8,11-13,16H,4,9-10H2,1-3H3. The van der Waals surface area contributed by atoms with Crippen molar-refractivity contribution in [3.8, 4) is 0 Å². The van der Waals surface area contributed by atoms with E-state index in [9.17, 15) is 0 Å². The molecule has 0 fully saturated rings. The number of imidazole rings is 1. The minimum atomic E-state index is 0.521. The van der Waals surface area contributed by atoms with Crippen molar-refractivity contribution >= 4 is 11.0 Å². The first kappa shape index (κ1) is 13.1. The zero-order valence-corrected chi connectivity index (χ0v) is 11.6. The van der Waals surface area contributed by atoms with Crippen LogP contribution in [-0.4, -0.2) is 22.1 Å². The van der Waals surface area contributed by atoms with Gasteiger partial charge in [0.1, 0.15) is 0 Å². The number of hydrogen-bond acceptors (Lipinski definition) is 2. The summed E-state index contributed by atoms with van der Waals surface area (Å²) in [4.78, 5) is 4.45. The Balaban J connectivity index is 2.15. The van der Waals surface area contributed by atoms with Crippen LogP contribution in [0.15, 0.2) is 30.6 Å². The van der Waals surface area contributed by atoms with E-state index in [1.165, 1.54) is 11.9 Å². The number of fused-ring (bicyclic) bond motifs is 1. The Morgan fingerprint density at radius 2 is 2.06 bits per heavy atom. The van der Waals surface area contributed by atoms with E-state index in [4.69, 9.17) is 0 Å². The second-order valence-electron chi connectivity index (χ2n) is 5.27. The van der Waals surface area contributed by atoms with Gasteiger partial charge in [-0.05, 0) is 31.0 Å². The Morgan fingerprint density at radius 1 is 1.28 bits per heavy atom. The molecule has 1 atom stereocenters. The molecule has 0 spiro atoms. The monoisotopic (exact) mass is 245 g/mol. The highest BCUT2D eigenvalue weighted by molar-refractivity contribution is 5.74. The third kappa shape index (κ3) is 3.10. The third-order valence-electron chi connectivity index (χ3n) is 3.19. The van der Waals surface area contributed by atoms with Gasteiger partial charge in [0.2, 0.25) is 0 Å². The maximum Gasteiger partial charge on any atom is 0.0958 e. The number of benzene rings is 1. The molecule has 0 saturated heterocycles. The van der Waals surface area contributed by atoms with E-state index in [1.807, 2.05) is 12.4 Å². The van der Waals surface area contributed by atoms with E-state index in [-0.39, 0.29) is 0 Å². The molecular weight excluding hydrogens is 222 g/mol. The van der Waals surface area contributed by atoms with E-state index in [1.54, 1.807) is 0 Å². The van der Waals surface area contributed by atoms with Crippen LogP contribution in [-0.2, 0) is 6.54 Å². The van der Waals surface area contributed by atoms with E-state index in [0.29, 0.717) is 12.0 Å². The van der Waals surface area contributed by atoms with E-state index in [0.717, 1.165) is 18.6 Å². The highest BCUT2D eigenvalue weighted by Gasteiger charge is 2.11. The lowest BCUT2D eigenvalue weighted by atomic mass is 10.0. The van der Waals surface area contributed by atoms with Crippen LogP contribution in [0, 0.1) is 5.92 Å². The number of hydrogen-bond donors (Lipinski definition) is 1. The lowest BCUT2D eigenvalue weighted by molar-refractivity contribution is 0.387. The summed E-state index contributed by atoms with van der Waals surface area (Å²) in [5.74, 6) is 0.712. The molecule has 0 aliphatic heterocycles. The van der Waals surface area contributed by atoms with Gasteiger partial charge in [-0.15, -0.1) is 0 Å². The van der Waals surface area contributed by atoms with Crippen LogP contribution in [0.5, 0.6) is 0 Å². The molecule has 0 radical (unpaired) electrons. The lowest BCUT2D eigenvalue weighted by Gasteiger charge is -2.20. The van der Waals surface area contributed by atoms with Crippen molar-refractivity contribution in [2.75, 3.05) is 6.54 Å². The highest BCUT2D eigenvalue weighted by Crippen LogP contribution is 2.14. The molecule has 3 heteroatoms. The smallest absolute Gasteiger partial charge is 0.0958 e. The van der Waals surface area contributed by atoms with Crippen LogP contribution >= 0.6 is 0 Å². The minimum Gasteiger partial charge on any atom is -0.329 e. The van der Waals surface area contributed by atoms with Crippen molar-refractivity contribution in [2.45, 2.75) is 39.8 Å². The number of rotatable bonds is 6. The second kappa shape index (κ2) is 6.01. The van der Waals surface area contributed by atoms with Crippen LogP contribution in [0.25, 0.3) is 11.0 Å². The van der Waals surface area contributed by atoms with Crippen LogP contribution in [0.1, 0.15) is 27.2 Å². The predicted molar refractivity (Wildman–Crippen MR) is 76.7 cm³/mol. The molecule has 0 aliphatic rings. The zero-order chi connectivity index (χ0) is 13.0. The molecule has 1 N–H and O–H groups in total. The van der Waals surface area contributed by atoms with Crippen LogP contribution < -0.4 is 5.32 Å². The summed E-state index contributed by atoms with van der Waals surface area (Å²) >= 11 is 0. The number of nitrogens with one attached hydrogen (secondary N) is 1. The van der Waals surface area contributed by atoms with Crippen LogP contribution in [0.3, 0.4) is 0 Å². The zero-order valence-electron chi connectivity index (χ0n) is 11.6. The van der Waals surface area contributed by atoms with Gasteiger partial charge in [-0.1, -0.05) is 32.9 Å². The average molecular weight is 245 g/mol. The molecule has 2 rings (SSSR count). The summed E-state index contributed by atoms with van der Waals surface area (Å²) in [6.07, 6.45) is 3.15. The van der Waals surface area contributed by atoms with Gasteiger partial charge >= 0.3 is 0 Å². The van der Waals surface area contributed by atoms with Gasteiger partial charge in [0, 0.05) is 12.6 Å². The summed E-state index contributed by atoms with van der Waals surface area (Å²) in [6, 6.07) is 8.84. The van der Waals surface area contributed by atoms with E-state index < -0.39 is 0 Å². The molecule has 2 aromatic rings. The van der Waals surface area contributed by atoms with Crippen LogP contribution in [0.4, 0.5) is 0 Å². The van der Waals surface area contributed by atoms with Crippen molar-refractivity contribution in [3.63, 3.8) is 0 Å². The summed E-state index contributed by atoms with van der Waals surface area (Å²) < 4.78 is 2.26. The molecular formula is C15H23N3. The van der Waals surface area contributed by atoms with Gasteiger partial charge in [-0.2, -0.15) is 0 Å². The first-order valence-corrected chi connectivity index (χ1v) is 6.84. The van der Waals surface area contributed by atoms with Crippen molar-refractivity contribution in [1.29, 1.82) is 0 Å². The summed E-state index contributed by atoms with van der Waals surface area (Å²) in [5.41, 5.74) is 2.31. The molecule has 98 valence electrons. The number of aromatic nitrogens is 2. The molecule has 0 saturated carbocycles. The quantitative estimate of drug-likeness (QED) is 0.847. The van der Waals surface area contributed by atoms with Gasteiger partial charge in [0.25, 0.3) is 0 Å². The van der Waals surface area contributed by atoms with Gasteiger partial charge in [0.05, 0.1) is 17.4 Å². The van der Waals surface area contributed by atoms with Crippen LogP contribution in [0.2, 0.25) is 0 Å². The van der Waals surface area contributed by atoms with Crippen molar-refractivity contribution < 1.29 is 0 Å². The Kier molecular flexibility index (Phi) is 4.37. The van der Waals surface area contributed by atoms with Crippen molar-refractivity contribution in [2.24, 2.45) is 5.92 Å². The molecule has 18 heavy (non-hydrogen) atoms. The molecule has 1 aromatic carbocycles. The molecule has 0 bridgehead atoms. The topological polar surface area (TPSA) is 29.9 Å². The van der Waals surface area contributed by atoms with Crippen molar-refractivity contribution in [3.05, 3.63) is 30.6 Å². The number of para-hydroxylation sites is 2. The van der Waals surface area contributed by atoms with Gasteiger partial charge < -0.3 is 9.88 Å². The minimum absolute atomic E-state index is 0.521. The summed E-state index contributed by atoms with van der Waals surface area (Å²) in [6.45, 7) is 8.72. The fourth-order valence-corrected chi connectivity index (χ4v) is 2.47. The largest absolute Gasteiger partial charge is 0.329 e. The Labute approximate surface area is 109 Å². The van der Waals surface area contributed by atoms with Gasteiger partial charge in [-0.3, -0.25) is 0 Å². The molecule has 1 aromatic heterocycles. The maximum absolute atomic E-state index is 4.45. The number of likely N-dealkylation sites (N-methyl/N-ethyl adjacent to an activating group) is 1. The summed E-state index contributed by atoms with van der Waals surface area (Å²) in [7, 11) is 0. The van der Waals surface area contributed by atoms with Crippen molar-refractivity contribution in [1.82, 2.24) is 14.9 Å². The van der Waals surface area contributed by atoms with Gasteiger partial charge in [-0.25, -0.2) is 4.98 Å². The average Bonchev–Trinajstić information content (AvgIpc) is 2.72. The SMILES string of the molecule is CCNC(CC(C)C)Cn1cnc2ccccc21. The van der Waals surface area contributed by atoms with E-state index >= 15 is 0 Å². The second-order valence-corrected chi connectivity index (χ2v) is 5.27. The van der Waals surface area contributed by atoms with E-state index in [2.05, 4.69) is 53.8 Å². The maximum atomic E-state index is 4.45. The first-order chi connectivity index (χ1) is 8.70. The predicted octanol–water partition coefficient (Wildman–Crippen LogP) is 3.06. The Morgan fingerprint density at radius 3 is 2.78 bits per heavy atom. The fraction of sp³-hybridized carbons (Fsp3) is 0.533. The summed E-state index contributed by atoms with van der Waals surface area (Å²) in [5, 5.41) is 3.57. The molecule has 3 nitrogen and oxygen atoms in total.